The Hall–Kier alpha value is -2.66. The number of carbonyl (C=O) groups excluding carboxylic acids is 1. The smallest absolute Gasteiger partial charge is 0.337 e. The molecule has 0 amide bonds. The van der Waals surface area contributed by atoms with Gasteiger partial charge in [0.15, 0.2) is 5.11 Å². The number of hydrogen-bond donors (Lipinski definition) is 1. The molecule has 0 radical (unpaired) electrons. The maximum Gasteiger partial charge on any atom is 0.337 e. The Labute approximate surface area is 159 Å². The molecule has 1 N–H and O–H groups in total. The molecule has 0 bridgehead atoms. The average molecular weight is 366 g/mol. The number of nitrogens with one attached hydrogen (secondary N) is 1. The summed E-state index contributed by atoms with van der Waals surface area (Å²) in [6.07, 6.45) is 0. The van der Waals surface area contributed by atoms with E-state index < -0.39 is 0 Å². The van der Waals surface area contributed by atoms with Gasteiger partial charge in [0.1, 0.15) is 0 Å². The first-order chi connectivity index (χ1) is 12.4. The second-order valence-electron chi connectivity index (χ2n) is 6.46. The minimum absolute atomic E-state index is 0.337. The predicted octanol–water partition coefficient (Wildman–Crippen LogP) is 4.19. The molecule has 0 spiro atoms. The molecule has 26 heavy (non-hydrogen) atoms. The van der Waals surface area contributed by atoms with E-state index in [1.54, 1.807) is 0 Å². The Morgan fingerprint density at radius 1 is 1.08 bits per heavy atom. The second kappa shape index (κ2) is 7.30. The monoisotopic (exact) mass is 366 g/mol. The summed E-state index contributed by atoms with van der Waals surface area (Å²) < 4.78 is 5.08. The molecule has 1 atom stereocenters. The number of hydrogen-bond acceptors (Lipinski definition) is 3. The van der Waals surface area contributed by atoms with Crippen LogP contribution in [0.1, 0.15) is 29.7 Å². The Bertz CT molecular complexity index is 904. The molecule has 134 valence electrons. The number of thiocarbonyl (C=S) groups is 1. The van der Waals surface area contributed by atoms with Crippen LogP contribution in [0.4, 0.5) is 5.69 Å². The summed E-state index contributed by atoms with van der Waals surface area (Å²) in [4.78, 5) is 14.5. The van der Waals surface area contributed by atoms with Crippen molar-refractivity contribution >= 4 is 29.0 Å². The largest absolute Gasteiger partial charge is 0.466 e. The first kappa shape index (κ1) is 18.1. The Balaban J connectivity index is 2.15. The van der Waals surface area contributed by atoms with Crippen LogP contribution in [-0.4, -0.2) is 18.2 Å². The second-order valence-corrected chi connectivity index (χ2v) is 6.85. The van der Waals surface area contributed by atoms with Crippen LogP contribution in [0.15, 0.2) is 59.8 Å². The van der Waals surface area contributed by atoms with Crippen LogP contribution in [0.2, 0.25) is 0 Å². The third-order valence-electron chi connectivity index (χ3n) is 4.53. The maximum atomic E-state index is 12.6. The minimum Gasteiger partial charge on any atom is -0.466 e. The summed E-state index contributed by atoms with van der Waals surface area (Å²) in [5.41, 5.74) is 5.49. The van der Waals surface area contributed by atoms with Crippen molar-refractivity contribution in [3.8, 4) is 0 Å². The lowest BCUT2D eigenvalue weighted by Crippen LogP contribution is -2.48. The third kappa shape index (κ3) is 3.35. The molecule has 0 aliphatic carbocycles. The van der Waals surface area contributed by atoms with Crippen molar-refractivity contribution in [2.24, 2.45) is 0 Å². The van der Waals surface area contributed by atoms with Crippen LogP contribution in [-0.2, 0) is 9.53 Å². The van der Waals surface area contributed by atoms with E-state index in [9.17, 15) is 4.79 Å². The van der Waals surface area contributed by atoms with Gasteiger partial charge < -0.3 is 10.1 Å². The fourth-order valence-electron chi connectivity index (χ4n) is 3.30. The van der Waals surface area contributed by atoms with Crippen molar-refractivity contribution in [1.29, 1.82) is 0 Å². The van der Waals surface area contributed by atoms with Gasteiger partial charge in [-0.15, -0.1) is 0 Å². The summed E-state index contributed by atoms with van der Waals surface area (Å²) in [7, 11) is 1.40. The van der Waals surface area contributed by atoms with Crippen LogP contribution >= 0.6 is 12.2 Å². The van der Waals surface area contributed by atoms with Crippen molar-refractivity contribution in [2.75, 3.05) is 12.0 Å². The maximum absolute atomic E-state index is 12.6. The molecule has 0 unspecified atom stereocenters. The number of anilines is 1. The van der Waals surface area contributed by atoms with Gasteiger partial charge in [-0.1, -0.05) is 42.0 Å². The molecule has 0 saturated heterocycles. The van der Waals surface area contributed by atoms with Crippen LogP contribution in [0.3, 0.4) is 0 Å². The minimum atomic E-state index is -0.360. The summed E-state index contributed by atoms with van der Waals surface area (Å²) in [5.74, 6) is -0.360. The van der Waals surface area contributed by atoms with E-state index in [1.165, 1.54) is 7.11 Å². The zero-order valence-electron chi connectivity index (χ0n) is 15.4. The number of esters is 1. The highest BCUT2D eigenvalue weighted by molar-refractivity contribution is 7.80. The Morgan fingerprint density at radius 3 is 2.35 bits per heavy atom. The lowest BCUT2D eigenvalue weighted by atomic mass is 9.94. The van der Waals surface area contributed by atoms with Gasteiger partial charge in [-0.05, 0) is 56.2 Å². The van der Waals surface area contributed by atoms with Crippen molar-refractivity contribution in [2.45, 2.75) is 26.8 Å². The van der Waals surface area contributed by atoms with E-state index >= 15 is 0 Å². The SMILES string of the molecule is COC(=O)C1=C(C)N(c2cccc(C)c2)C(=S)N[C@@H]1c1cccc(C)c1. The predicted molar refractivity (Wildman–Crippen MR) is 108 cm³/mol. The molecule has 4 nitrogen and oxygen atoms in total. The Morgan fingerprint density at radius 2 is 1.73 bits per heavy atom. The molecule has 0 fully saturated rings. The van der Waals surface area contributed by atoms with Gasteiger partial charge in [0, 0.05) is 11.4 Å². The van der Waals surface area contributed by atoms with Gasteiger partial charge in [-0.3, -0.25) is 4.90 Å². The zero-order valence-corrected chi connectivity index (χ0v) is 16.2. The van der Waals surface area contributed by atoms with E-state index in [4.69, 9.17) is 17.0 Å². The van der Waals surface area contributed by atoms with Crippen LogP contribution in [0, 0.1) is 13.8 Å². The third-order valence-corrected chi connectivity index (χ3v) is 4.83. The van der Waals surface area contributed by atoms with Gasteiger partial charge in [-0.2, -0.15) is 0 Å². The number of carbonyl (C=O) groups is 1. The first-order valence-corrected chi connectivity index (χ1v) is 8.86. The quantitative estimate of drug-likeness (QED) is 0.652. The molecule has 2 aromatic carbocycles. The molecule has 1 aliphatic rings. The van der Waals surface area contributed by atoms with E-state index in [1.807, 2.05) is 68.1 Å². The van der Waals surface area contributed by atoms with E-state index in [2.05, 4.69) is 11.4 Å². The number of allylic oxidation sites excluding steroid dienone is 1. The Kier molecular flexibility index (Phi) is 5.09. The number of nitrogens with zero attached hydrogens (tertiary/aromatic N) is 1. The van der Waals surface area contributed by atoms with Crippen molar-refractivity contribution in [1.82, 2.24) is 5.32 Å². The van der Waals surface area contributed by atoms with Gasteiger partial charge in [0.2, 0.25) is 0 Å². The normalized spacial score (nSPS) is 17.2. The molecule has 0 saturated carbocycles. The zero-order chi connectivity index (χ0) is 18.8. The fourth-order valence-corrected chi connectivity index (χ4v) is 3.66. The molecule has 1 heterocycles. The number of benzene rings is 2. The highest BCUT2D eigenvalue weighted by Gasteiger charge is 2.35. The van der Waals surface area contributed by atoms with E-state index in [-0.39, 0.29) is 12.0 Å². The standard InChI is InChI=1S/C21H22N2O2S/c1-13-7-5-9-16(11-13)19-18(20(24)25-4)15(3)23(21(26)22-19)17-10-6-8-14(2)12-17/h5-12,19H,1-4H3,(H,22,26)/t19-/m1/s1. The summed E-state index contributed by atoms with van der Waals surface area (Å²) in [6, 6.07) is 15.7. The summed E-state index contributed by atoms with van der Waals surface area (Å²) in [6.45, 7) is 5.96. The van der Waals surface area contributed by atoms with Gasteiger partial charge in [0.25, 0.3) is 0 Å². The van der Waals surface area contributed by atoms with Crippen LogP contribution in [0.5, 0.6) is 0 Å². The number of ether oxygens (including phenoxy) is 1. The topological polar surface area (TPSA) is 41.6 Å². The molecule has 3 rings (SSSR count). The summed E-state index contributed by atoms with van der Waals surface area (Å²) in [5, 5.41) is 3.88. The molecule has 1 aliphatic heterocycles. The van der Waals surface area contributed by atoms with Crippen LogP contribution < -0.4 is 10.2 Å². The summed E-state index contributed by atoms with van der Waals surface area (Å²) >= 11 is 5.64. The van der Waals surface area contributed by atoms with Crippen LogP contribution in [0.25, 0.3) is 0 Å². The molecule has 0 aromatic heterocycles. The molecule has 5 heteroatoms. The number of aryl methyl sites for hydroxylation is 2. The van der Waals surface area contributed by atoms with Crippen molar-refractivity contribution in [3.05, 3.63) is 76.5 Å². The number of methoxy groups -OCH3 is 1. The van der Waals surface area contributed by atoms with Gasteiger partial charge in [0.05, 0.1) is 18.7 Å². The average Bonchev–Trinajstić information content (AvgIpc) is 2.61. The van der Waals surface area contributed by atoms with Crippen molar-refractivity contribution < 1.29 is 9.53 Å². The van der Waals surface area contributed by atoms with E-state index in [0.717, 1.165) is 28.1 Å². The van der Waals surface area contributed by atoms with Gasteiger partial charge >= 0.3 is 5.97 Å². The lowest BCUT2D eigenvalue weighted by molar-refractivity contribution is -0.136. The first-order valence-electron chi connectivity index (χ1n) is 8.45. The van der Waals surface area contributed by atoms with E-state index in [0.29, 0.717) is 10.7 Å². The lowest BCUT2D eigenvalue weighted by Gasteiger charge is -2.37. The van der Waals surface area contributed by atoms with Gasteiger partial charge in [-0.25, -0.2) is 4.79 Å². The molecule has 2 aromatic rings. The molecular weight excluding hydrogens is 344 g/mol. The number of rotatable bonds is 3. The van der Waals surface area contributed by atoms with Crippen molar-refractivity contribution in [3.63, 3.8) is 0 Å². The fraction of sp³-hybridized carbons (Fsp3) is 0.238. The highest BCUT2D eigenvalue weighted by Crippen LogP contribution is 2.34. The highest BCUT2D eigenvalue weighted by atomic mass is 32.1. The molecular formula is C21H22N2O2S.